The van der Waals surface area contributed by atoms with E-state index in [9.17, 15) is 18.0 Å². The van der Waals surface area contributed by atoms with Crippen LogP contribution < -0.4 is 5.32 Å². The van der Waals surface area contributed by atoms with Gasteiger partial charge in [0.2, 0.25) is 5.91 Å². The molecule has 0 saturated carbocycles. The van der Waals surface area contributed by atoms with Gasteiger partial charge in [0.25, 0.3) is 0 Å². The minimum Gasteiger partial charge on any atom is -0.379 e. The van der Waals surface area contributed by atoms with Crippen LogP contribution in [-0.2, 0) is 28.7 Å². The summed E-state index contributed by atoms with van der Waals surface area (Å²) in [6.45, 7) is 7.51. The van der Waals surface area contributed by atoms with Crippen LogP contribution in [0.2, 0.25) is 0 Å². The number of nitrogens with zero attached hydrogens (tertiary/aromatic N) is 3. The van der Waals surface area contributed by atoms with Crippen LogP contribution in [0.4, 0.5) is 18.9 Å². The van der Waals surface area contributed by atoms with Crippen LogP contribution in [0.3, 0.4) is 0 Å². The van der Waals surface area contributed by atoms with E-state index in [1.165, 1.54) is 10.7 Å². The van der Waals surface area contributed by atoms with Crippen molar-refractivity contribution in [3.05, 3.63) is 76.6 Å². The smallest absolute Gasteiger partial charge is 0.379 e. The van der Waals surface area contributed by atoms with Gasteiger partial charge in [-0.25, -0.2) is 4.68 Å². The Morgan fingerprint density at radius 1 is 1.09 bits per heavy atom. The third kappa shape index (κ3) is 5.66. The van der Waals surface area contributed by atoms with Gasteiger partial charge in [0.05, 0.1) is 36.6 Å². The molecule has 0 radical (unpaired) electrons. The van der Waals surface area contributed by atoms with Gasteiger partial charge in [-0.2, -0.15) is 18.3 Å². The highest BCUT2D eigenvalue weighted by Crippen LogP contribution is 2.31. The van der Waals surface area contributed by atoms with Crippen LogP contribution in [0.25, 0.3) is 5.69 Å². The summed E-state index contributed by atoms with van der Waals surface area (Å²) in [5.74, 6) is -0.210. The molecule has 3 aromatic rings. The van der Waals surface area contributed by atoms with Crippen molar-refractivity contribution in [3.8, 4) is 5.69 Å². The van der Waals surface area contributed by atoms with Crippen molar-refractivity contribution in [1.82, 2.24) is 14.7 Å². The molecule has 2 heterocycles. The highest BCUT2D eigenvalue weighted by molar-refractivity contribution is 5.92. The average Bonchev–Trinajstić information content (AvgIpc) is 3.08. The molecule has 2 aromatic carbocycles. The molecule has 0 bridgehead atoms. The van der Waals surface area contributed by atoms with Crippen molar-refractivity contribution in [2.45, 2.75) is 33.0 Å². The highest BCUT2D eigenvalue weighted by atomic mass is 19.4. The second-order valence-corrected chi connectivity index (χ2v) is 8.42. The first-order valence-electron chi connectivity index (χ1n) is 11.1. The third-order valence-electron chi connectivity index (χ3n) is 5.92. The van der Waals surface area contributed by atoms with Gasteiger partial charge in [-0.3, -0.25) is 9.69 Å². The van der Waals surface area contributed by atoms with Crippen LogP contribution in [0.1, 0.15) is 28.1 Å². The Labute approximate surface area is 196 Å². The summed E-state index contributed by atoms with van der Waals surface area (Å²) in [4.78, 5) is 15.1. The number of hydrogen-bond donors (Lipinski definition) is 1. The molecule has 1 N–H and O–H groups in total. The van der Waals surface area contributed by atoms with Gasteiger partial charge < -0.3 is 10.1 Å². The molecule has 34 heavy (non-hydrogen) atoms. The first kappa shape index (κ1) is 24.0. The Bertz CT molecular complexity index is 1170. The molecular weight excluding hydrogens is 445 g/mol. The lowest BCUT2D eigenvalue weighted by Crippen LogP contribution is -2.35. The number of benzene rings is 2. The number of hydrogen-bond acceptors (Lipinski definition) is 4. The number of nitrogens with one attached hydrogen (secondary N) is 1. The normalized spacial score (nSPS) is 14.9. The lowest BCUT2D eigenvalue weighted by molar-refractivity contribution is -0.137. The van der Waals surface area contributed by atoms with Crippen LogP contribution in [0.5, 0.6) is 0 Å². The van der Waals surface area contributed by atoms with E-state index in [-0.39, 0.29) is 12.3 Å². The van der Waals surface area contributed by atoms with E-state index >= 15 is 0 Å². The van der Waals surface area contributed by atoms with Crippen molar-refractivity contribution in [3.63, 3.8) is 0 Å². The van der Waals surface area contributed by atoms with E-state index in [1.807, 2.05) is 24.3 Å². The largest absolute Gasteiger partial charge is 0.416 e. The number of amides is 1. The molecule has 0 unspecified atom stereocenters. The SMILES string of the molecule is Cc1nn(-c2cccc(C(F)(F)F)c2)c(C)c1CC(=O)Nc1cccc(CN2CCOCC2)c1. The molecule has 0 spiro atoms. The zero-order chi connectivity index (χ0) is 24.3. The molecule has 6 nitrogen and oxygen atoms in total. The predicted molar refractivity (Wildman–Crippen MR) is 123 cm³/mol. The van der Waals surface area contributed by atoms with Crippen molar-refractivity contribution in [2.24, 2.45) is 0 Å². The Balaban J connectivity index is 1.46. The highest BCUT2D eigenvalue weighted by Gasteiger charge is 2.30. The second-order valence-electron chi connectivity index (χ2n) is 8.42. The van der Waals surface area contributed by atoms with Gasteiger partial charge in [0.1, 0.15) is 0 Å². The fourth-order valence-corrected chi connectivity index (χ4v) is 4.13. The third-order valence-corrected chi connectivity index (χ3v) is 5.92. The fourth-order valence-electron chi connectivity index (χ4n) is 4.13. The lowest BCUT2D eigenvalue weighted by atomic mass is 10.1. The molecule has 180 valence electrons. The summed E-state index contributed by atoms with van der Waals surface area (Å²) in [6, 6.07) is 12.7. The number of rotatable bonds is 6. The summed E-state index contributed by atoms with van der Waals surface area (Å²) >= 11 is 0. The molecule has 0 aliphatic carbocycles. The predicted octanol–water partition coefficient (Wildman–Crippen LogP) is 4.52. The molecule has 9 heteroatoms. The van der Waals surface area contributed by atoms with Gasteiger partial charge in [0, 0.05) is 36.6 Å². The maximum Gasteiger partial charge on any atom is 0.416 e. The molecule has 1 amide bonds. The van der Waals surface area contributed by atoms with Crippen molar-refractivity contribution in [2.75, 3.05) is 31.6 Å². The monoisotopic (exact) mass is 472 g/mol. The Kier molecular flexibility index (Phi) is 7.04. The average molecular weight is 473 g/mol. The number of morpholine rings is 1. The number of aryl methyl sites for hydroxylation is 1. The first-order chi connectivity index (χ1) is 16.2. The van der Waals surface area contributed by atoms with E-state index in [0.29, 0.717) is 28.3 Å². The lowest BCUT2D eigenvalue weighted by Gasteiger charge is -2.26. The van der Waals surface area contributed by atoms with Crippen molar-refractivity contribution < 1.29 is 22.7 Å². The van der Waals surface area contributed by atoms with Crippen LogP contribution in [-0.4, -0.2) is 46.9 Å². The van der Waals surface area contributed by atoms with Gasteiger partial charge in [-0.1, -0.05) is 18.2 Å². The first-order valence-corrected chi connectivity index (χ1v) is 11.1. The van der Waals surface area contributed by atoms with E-state index in [0.717, 1.165) is 50.5 Å². The van der Waals surface area contributed by atoms with Crippen LogP contribution in [0.15, 0.2) is 48.5 Å². The number of carbonyl (C=O) groups excluding carboxylic acids is 1. The maximum absolute atomic E-state index is 13.1. The second kappa shape index (κ2) is 9.99. The van der Waals surface area contributed by atoms with Gasteiger partial charge in [0.15, 0.2) is 0 Å². The van der Waals surface area contributed by atoms with E-state index in [1.54, 1.807) is 19.9 Å². The van der Waals surface area contributed by atoms with Crippen molar-refractivity contribution >= 4 is 11.6 Å². The number of anilines is 1. The van der Waals surface area contributed by atoms with Gasteiger partial charge >= 0.3 is 6.18 Å². The number of carbonyl (C=O) groups is 1. The van der Waals surface area contributed by atoms with E-state index in [2.05, 4.69) is 15.3 Å². The molecule has 1 aliphatic heterocycles. The minimum absolute atomic E-state index is 0.0737. The zero-order valence-electron chi connectivity index (χ0n) is 19.2. The minimum atomic E-state index is -4.44. The van der Waals surface area contributed by atoms with Gasteiger partial charge in [-0.15, -0.1) is 0 Å². The molecule has 1 fully saturated rings. The summed E-state index contributed by atoms with van der Waals surface area (Å²) in [5, 5.41) is 7.33. The zero-order valence-corrected chi connectivity index (χ0v) is 19.2. The van der Waals surface area contributed by atoms with Crippen molar-refractivity contribution in [1.29, 1.82) is 0 Å². The fraction of sp³-hybridized carbons (Fsp3) is 0.360. The number of alkyl halides is 3. The number of halogens is 3. The van der Waals surface area contributed by atoms with E-state index in [4.69, 9.17) is 4.74 Å². The summed E-state index contributed by atoms with van der Waals surface area (Å²) in [5.41, 5.74) is 3.30. The Morgan fingerprint density at radius 2 is 1.82 bits per heavy atom. The topological polar surface area (TPSA) is 59.4 Å². The number of aromatic nitrogens is 2. The summed E-state index contributed by atoms with van der Waals surface area (Å²) in [6.07, 6.45) is -4.37. The van der Waals surface area contributed by atoms with Crippen LogP contribution >= 0.6 is 0 Å². The maximum atomic E-state index is 13.1. The van der Waals surface area contributed by atoms with Crippen LogP contribution in [0, 0.1) is 13.8 Å². The Hall–Kier alpha value is -3.17. The number of ether oxygens (including phenoxy) is 1. The standard InChI is InChI=1S/C25H27F3N4O2/c1-17-23(18(2)32(30-17)22-8-4-6-20(14-22)25(26,27)28)15-24(33)29-21-7-3-5-19(13-21)16-31-9-11-34-12-10-31/h3-8,13-14H,9-12,15-16H2,1-2H3,(H,29,33). The summed E-state index contributed by atoms with van der Waals surface area (Å²) in [7, 11) is 0. The summed E-state index contributed by atoms with van der Waals surface area (Å²) < 4.78 is 46.2. The Morgan fingerprint density at radius 3 is 2.56 bits per heavy atom. The molecular formula is C25H27F3N4O2. The van der Waals surface area contributed by atoms with Gasteiger partial charge in [-0.05, 0) is 49.7 Å². The molecule has 1 aliphatic rings. The molecule has 1 saturated heterocycles. The molecule has 0 atom stereocenters. The molecule has 4 rings (SSSR count). The van der Waals surface area contributed by atoms with E-state index < -0.39 is 11.7 Å². The quantitative estimate of drug-likeness (QED) is 0.573. The molecule has 1 aromatic heterocycles.